The molecule has 1 heterocycles. The monoisotopic (exact) mass is 562 g/mol. The molecule has 0 bridgehead atoms. The number of halogens is 3. The smallest absolute Gasteiger partial charge is 0.416 e. The minimum absolute atomic E-state index is 0.161. The second-order valence-electron chi connectivity index (χ2n) is 10.2. The molecule has 212 valence electrons. The number of hydrogen-bond donors (Lipinski definition) is 3. The molecule has 0 atom stereocenters. The second-order valence-corrected chi connectivity index (χ2v) is 10.2. The van der Waals surface area contributed by atoms with Gasteiger partial charge in [-0.15, -0.1) is 0 Å². The van der Waals surface area contributed by atoms with Gasteiger partial charge < -0.3 is 15.7 Å². The maximum absolute atomic E-state index is 13.2. The Kier molecular flexibility index (Phi) is 7.83. The van der Waals surface area contributed by atoms with Crippen LogP contribution in [0, 0.1) is 6.92 Å². The van der Waals surface area contributed by atoms with E-state index in [0.29, 0.717) is 17.8 Å². The Bertz CT molecular complexity index is 1590. The molecule has 1 aliphatic carbocycles. The van der Waals surface area contributed by atoms with Crippen LogP contribution in [0.1, 0.15) is 64.3 Å². The maximum Gasteiger partial charge on any atom is 0.416 e. The van der Waals surface area contributed by atoms with E-state index >= 15 is 0 Å². The molecule has 3 N–H and O–H groups in total. The largest absolute Gasteiger partial charge is 0.507 e. The van der Waals surface area contributed by atoms with Crippen LogP contribution in [0.3, 0.4) is 0 Å². The van der Waals surface area contributed by atoms with Gasteiger partial charge in [-0.25, -0.2) is 4.79 Å². The zero-order valence-electron chi connectivity index (χ0n) is 22.3. The molecule has 1 aliphatic rings. The van der Waals surface area contributed by atoms with E-state index in [0.717, 1.165) is 60.7 Å². The Morgan fingerprint density at radius 1 is 1.00 bits per heavy atom. The van der Waals surface area contributed by atoms with Crippen LogP contribution < -0.4 is 10.6 Å². The van der Waals surface area contributed by atoms with Gasteiger partial charge in [0, 0.05) is 35.3 Å². The number of aromatic nitrogens is 2. The van der Waals surface area contributed by atoms with E-state index < -0.39 is 17.6 Å². The molecule has 0 aliphatic heterocycles. The SMILES string of the molecule is Cc1ccccc1CNC(=O)n1nc(-c2ccc(NC(=O)c3cccc(C(F)(F)F)c3)cc2O)cc1C1CCCC1. The lowest BCUT2D eigenvalue weighted by Gasteiger charge is -2.13. The molecule has 0 radical (unpaired) electrons. The Morgan fingerprint density at radius 3 is 2.46 bits per heavy atom. The van der Waals surface area contributed by atoms with Gasteiger partial charge >= 0.3 is 12.2 Å². The molecule has 1 fully saturated rings. The van der Waals surface area contributed by atoms with Gasteiger partial charge in [0.2, 0.25) is 0 Å². The van der Waals surface area contributed by atoms with Crippen LogP contribution in [-0.2, 0) is 12.7 Å². The highest BCUT2D eigenvalue weighted by atomic mass is 19.4. The minimum atomic E-state index is -4.58. The summed E-state index contributed by atoms with van der Waals surface area (Å²) in [6, 6.07) is 17.7. The summed E-state index contributed by atoms with van der Waals surface area (Å²) in [6.45, 7) is 2.32. The molecule has 10 heteroatoms. The number of nitrogens with one attached hydrogen (secondary N) is 2. The van der Waals surface area contributed by atoms with E-state index in [-0.39, 0.29) is 28.9 Å². The Labute approximate surface area is 235 Å². The maximum atomic E-state index is 13.2. The predicted molar refractivity (Wildman–Crippen MR) is 149 cm³/mol. The number of rotatable bonds is 6. The number of phenolic OH excluding ortho intramolecular Hbond substituents is 1. The van der Waals surface area contributed by atoms with Gasteiger partial charge in [0.05, 0.1) is 17.0 Å². The summed E-state index contributed by atoms with van der Waals surface area (Å²) in [7, 11) is 0. The van der Waals surface area contributed by atoms with Crippen molar-refractivity contribution in [3.05, 3.63) is 101 Å². The molecule has 5 rings (SSSR count). The van der Waals surface area contributed by atoms with Crippen molar-refractivity contribution in [2.24, 2.45) is 0 Å². The molecular formula is C31H29F3N4O3. The third-order valence-electron chi connectivity index (χ3n) is 7.38. The summed E-state index contributed by atoms with van der Waals surface area (Å²) >= 11 is 0. The van der Waals surface area contributed by atoms with Crippen LogP contribution in [0.4, 0.5) is 23.7 Å². The number of carbonyl (C=O) groups excluding carboxylic acids is 2. The molecule has 7 nitrogen and oxygen atoms in total. The molecule has 0 saturated heterocycles. The normalized spacial score (nSPS) is 13.8. The molecule has 0 unspecified atom stereocenters. The Morgan fingerprint density at radius 2 is 1.76 bits per heavy atom. The zero-order valence-corrected chi connectivity index (χ0v) is 22.3. The molecule has 2 amide bonds. The van der Waals surface area contributed by atoms with E-state index in [1.165, 1.54) is 22.9 Å². The molecule has 3 aromatic carbocycles. The van der Waals surface area contributed by atoms with Crippen molar-refractivity contribution in [3.63, 3.8) is 0 Å². The third-order valence-corrected chi connectivity index (χ3v) is 7.38. The topological polar surface area (TPSA) is 96.3 Å². The number of anilines is 1. The van der Waals surface area contributed by atoms with E-state index in [2.05, 4.69) is 15.7 Å². The number of benzene rings is 3. The van der Waals surface area contributed by atoms with Gasteiger partial charge in [-0.3, -0.25) is 4.79 Å². The molecule has 1 saturated carbocycles. The first-order chi connectivity index (χ1) is 19.6. The number of phenols is 1. The van der Waals surface area contributed by atoms with Crippen molar-refractivity contribution in [1.29, 1.82) is 0 Å². The first-order valence-corrected chi connectivity index (χ1v) is 13.3. The number of amides is 2. The highest BCUT2D eigenvalue weighted by molar-refractivity contribution is 6.04. The van der Waals surface area contributed by atoms with Gasteiger partial charge in [0.25, 0.3) is 5.91 Å². The van der Waals surface area contributed by atoms with Gasteiger partial charge in [-0.1, -0.05) is 43.2 Å². The molecular weight excluding hydrogens is 533 g/mol. The molecule has 41 heavy (non-hydrogen) atoms. The van der Waals surface area contributed by atoms with Crippen molar-refractivity contribution >= 4 is 17.6 Å². The van der Waals surface area contributed by atoms with E-state index in [4.69, 9.17) is 0 Å². The van der Waals surface area contributed by atoms with Crippen molar-refractivity contribution in [1.82, 2.24) is 15.1 Å². The van der Waals surface area contributed by atoms with Gasteiger partial charge in [-0.2, -0.15) is 23.0 Å². The van der Waals surface area contributed by atoms with Crippen molar-refractivity contribution < 1.29 is 27.9 Å². The summed E-state index contributed by atoms with van der Waals surface area (Å²) in [6.07, 6.45) is -0.594. The molecule has 0 spiro atoms. The van der Waals surface area contributed by atoms with Crippen LogP contribution in [0.25, 0.3) is 11.3 Å². The lowest BCUT2D eigenvalue weighted by atomic mass is 10.0. The average molecular weight is 563 g/mol. The van der Waals surface area contributed by atoms with Crippen molar-refractivity contribution in [2.75, 3.05) is 5.32 Å². The second kappa shape index (κ2) is 11.5. The van der Waals surface area contributed by atoms with E-state index in [1.54, 1.807) is 12.1 Å². The fourth-order valence-electron chi connectivity index (χ4n) is 5.12. The lowest BCUT2D eigenvalue weighted by molar-refractivity contribution is -0.137. The fourth-order valence-corrected chi connectivity index (χ4v) is 5.12. The number of nitrogens with zero attached hydrogens (tertiary/aromatic N) is 2. The standard InChI is InChI=1S/C31H29F3N4O3/c1-19-7-2-3-10-22(19)18-35-30(41)38-27(20-8-4-5-9-20)17-26(37-38)25-14-13-24(16-28(25)39)36-29(40)21-11-6-12-23(15-21)31(32,33)34/h2-3,6-7,10-17,20,39H,4-5,8-9,18H2,1H3,(H,35,41)(H,36,40). The summed E-state index contributed by atoms with van der Waals surface area (Å²) < 4.78 is 40.5. The van der Waals surface area contributed by atoms with E-state index in [9.17, 15) is 27.9 Å². The average Bonchev–Trinajstić information content (AvgIpc) is 3.63. The number of alkyl halides is 3. The number of aryl methyl sites for hydroxylation is 1. The third kappa shape index (κ3) is 6.26. The zero-order chi connectivity index (χ0) is 29.1. The lowest BCUT2D eigenvalue weighted by Crippen LogP contribution is -2.31. The van der Waals surface area contributed by atoms with Crippen molar-refractivity contribution in [2.45, 2.75) is 51.2 Å². The van der Waals surface area contributed by atoms with Gasteiger partial charge in [0.15, 0.2) is 0 Å². The van der Waals surface area contributed by atoms with Crippen LogP contribution in [0.2, 0.25) is 0 Å². The van der Waals surface area contributed by atoms with Crippen LogP contribution in [-0.4, -0.2) is 26.8 Å². The molecule has 1 aromatic heterocycles. The summed E-state index contributed by atoms with van der Waals surface area (Å²) in [5.74, 6) is -0.787. The fraction of sp³-hybridized carbons (Fsp3) is 0.258. The summed E-state index contributed by atoms with van der Waals surface area (Å²) in [5.41, 5.74) is 2.67. The van der Waals surface area contributed by atoms with Crippen LogP contribution in [0.15, 0.2) is 72.8 Å². The van der Waals surface area contributed by atoms with E-state index in [1.807, 2.05) is 31.2 Å². The molecule has 4 aromatic rings. The number of carbonyl (C=O) groups is 2. The number of hydrogen-bond acceptors (Lipinski definition) is 4. The Balaban J connectivity index is 1.37. The van der Waals surface area contributed by atoms with Crippen LogP contribution in [0.5, 0.6) is 5.75 Å². The first-order valence-electron chi connectivity index (χ1n) is 13.3. The Hall–Kier alpha value is -4.60. The van der Waals surface area contributed by atoms with Gasteiger partial charge in [-0.05, 0) is 67.3 Å². The highest BCUT2D eigenvalue weighted by Crippen LogP contribution is 2.38. The summed E-state index contributed by atoms with van der Waals surface area (Å²) in [5, 5.41) is 20.8. The predicted octanol–water partition coefficient (Wildman–Crippen LogP) is 7.25. The number of aromatic hydroxyl groups is 1. The van der Waals surface area contributed by atoms with Crippen molar-refractivity contribution in [3.8, 4) is 17.0 Å². The van der Waals surface area contributed by atoms with Crippen LogP contribution >= 0.6 is 0 Å². The minimum Gasteiger partial charge on any atom is -0.507 e. The quantitative estimate of drug-likeness (QED) is 0.231. The van der Waals surface area contributed by atoms with Gasteiger partial charge in [0.1, 0.15) is 5.75 Å². The first kappa shape index (κ1) is 27.9. The highest BCUT2D eigenvalue weighted by Gasteiger charge is 2.31. The summed E-state index contributed by atoms with van der Waals surface area (Å²) in [4.78, 5) is 25.8.